The van der Waals surface area contributed by atoms with Gasteiger partial charge in [0.15, 0.2) is 0 Å². The minimum atomic E-state index is 0.811. The highest BCUT2D eigenvalue weighted by molar-refractivity contribution is 6.30. The molecule has 1 fully saturated rings. The minimum absolute atomic E-state index is 0.811. The fourth-order valence-electron chi connectivity index (χ4n) is 2.23. The van der Waals surface area contributed by atoms with Gasteiger partial charge in [0.2, 0.25) is 0 Å². The molecular formula is C13H19ClN2. The highest BCUT2D eigenvalue weighted by Gasteiger charge is 2.16. The van der Waals surface area contributed by atoms with Gasteiger partial charge in [-0.3, -0.25) is 4.90 Å². The van der Waals surface area contributed by atoms with Crippen molar-refractivity contribution in [1.29, 1.82) is 0 Å². The maximum Gasteiger partial charge on any atom is 0.0707 e. The zero-order chi connectivity index (χ0) is 11.4. The molecule has 2 rings (SSSR count). The minimum Gasteiger partial charge on any atom is -0.358 e. The Labute approximate surface area is 103 Å². The van der Waals surface area contributed by atoms with Gasteiger partial charge in [-0.15, -0.1) is 0 Å². The summed E-state index contributed by atoms with van der Waals surface area (Å²) in [7, 11) is 0. The number of benzene rings is 1. The van der Waals surface area contributed by atoms with E-state index in [1.165, 1.54) is 31.6 Å². The van der Waals surface area contributed by atoms with E-state index in [-0.39, 0.29) is 0 Å². The molecule has 1 aliphatic rings. The predicted octanol–water partition coefficient (Wildman–Crippen LogP) is 3.22. The summed E-state index contributed by atoms with van der Waals surface area (Å²) < 4.78 is 0. The van der Waals surface area contributed by atoms with Crippen LogP contribution in [0.25, 0.3) is 0 Å². The summed E-state index contributed by atoms with van der Waals surface area (Å²) in [5, 5.41) is 0.811. The molecule has 0 N–H and O–H groups in total. The van der Waals surface area contributed by atoms with Crippen LogP contribution in [-0.2, 0) is 0 Å². The Balaban J connectivity index is 2.01. The number of hydrogen-bond donors (Lipinski definition) is 0. The third-order valence-corrected chi connectivity index (χ3v) is 3.26. The number of halogens is 1. The molecule has 88 valence electrons. The third-order valence-electron chi connectivity index (χ3n) is 3.00. The van der Waals surface area contributed by atoms with Gasteiger partial charge in [-0.05, 0) is 43.7 Å². The summed E-state index contributed by atoms with van der Waals surface area (Å²) in [4.78, 5) is 4.94. The third kappa shape index (κ3) is 2.89. The average Bonchev–Trinajstić information content (AvgIpc) is 2.31. The fraction of sp³-hybridized carbons (Fsp3) is 0.538. The average molecular weight is 239 g/mol. The van der Waals surface area contributed by atoms with Crippen molar-refractivity contribution in [3.63, 3.8) is 0 Å². The van der Waals surface area contributed by atoms with Crippen molar-refractivity contribution >= 4 is 17.3 Å². The molecule has 1 heterocycles. The summed E-state index contributed by atoms with van der Waals surface area (Å²) in [6.45, 7) is 6.88. The van der Waals surface area contributed by atoms with E-state index in [1.807, 2.05) is 12.1 Å². The monoisotopic (exact) mass is 238 g/mol. The van der Waals surface area contributed by atoms with Crippen LogP contribution < -0.4 is 4.90 Å². The predicted molar refractivity (Wildman–Crippen MR) is 70.1 cm³/mol. The van der Waals surface area contributed by atoms with Crippen LogP contribution in [0, 0.1) is 0 Å². The molecule has 1 aromatic carbocycles. The van der Waals surface area contributed by atoms with E-state index in [0.717, 1.165) is 18.2 Å². The van der Waals surface area contributed by atoms with Gasteiger partial charge < -0.3 is 4.90 Å². The first-order valence-electron chi connectivity index (χ1n) is 6.02. The molecule has 1 aromatic rings. The molecule has 0 bridgehead atoms. The largest absolute Gasteiger partial charge is 0.358 e. The number of nitrogens with zero attached hydrogens (tertiary/aromatic N) is 2. The van der Waals surface area contributed by atoms with E-state index in [1.54, 1.807) is 0 Å². The standard InChI is InChI=1S/C13H19ClN2/c1-2-8-15-9-3-10-16(11-15)13-6-4-12(14)5-7-13/h4-7H,2-3,8-11H2,1H3. The van der Waals surface area contributed by atoms with Crippen molar-refractivity contribution in [3.05, 3.63) is 29.3 Å². The second-order valence-electron chi connectivity index (χ2n) is 4.35. The molecule has 0 atom stereocenters. The Hall–Kier alpha value is -0.730. The van der Waals surface area contributed by atoms with Crippen molar-refractivity contribution in [2.45, 2.75) is 19.8 Å². The molecule has 0 unspecified atom stereocenters. The highest BCUT2D eigenvalue weighted by atomic mass is 35.5. The summed E-state index contributed by atoms with van der Waals surface area (Å²) >= 11 is 5.90. The van der Waals surface area contributed by atoms with Crippen LogP contribution in [0.4, 0.5) is 5.69 Å². The van der Waals surface area contributed by atoms with E-state index >= 15 is 0 Å². The Bertz CT molecular complexity index is 321. The van der Waals surface area contributed by atoms with Crippen LogP contribution in [0.1, 0.15) is 19.8 Å². The smallest absolute Gasteiger partial charge is 0.0707 e. The first-order chi connectivity index (χ1) is 7.79. The van der Waals surface area contributed by atoms with Gasteiger partial charge in [0.05, 0.1) is 6.67 Å². The lowest BCUT2D eigenvalue weighted by atomic mass is 10.2. The summed E-state index contributed by atoms with van der Waals surface area (Å²) in [6.07, 6.45) is 2.48. The van der Waals surface area contributed by atoms with E-state index in [0.29, 0.717) is 0 Å². The number of hydrogen-bond acceptors (Lipinski definition) is 2. The van der Waals surface area contributed by atoms with E-state index in [9.17, 15) is 0 Å². The molecule has 0 aliphatic carbocycles. The van der Waals surface area contributed by atoms with Crippen molar-refractivity contribution in [2.75, 3.05) is 31.2 Å². The fourth-order valence-corrected chi connectivity index (χ4v) is 2.36. The summed E-state index contributed by atoms with van der Waals surface area (Å²) in [5.74, 6) is 0. The van der Waals surface area contributed by atoms with Gasteiger partial charge in [-0.2, -0.15) is 0 Å². The van der Waals surface area contributed by atoms with Crippen molar-refractivity contribution in [1.82, 2.24) is 4.90 Å². The molecule has 0 radical (unpaired) electrons. The first kappa shape index (κ1) is 11.7. The number of anilines is 1. The van der Waals surface area contributed by atoms with Gasteiger partial charge >= 0.3 is 0 Å². The Morgan fingerprint density at radius 1 is 1.19 bits per heavy atom. The van der Waals surface area contributed by atoms with Crippen LogP contribution in [0.15, 0.2) is 24.3 Å². The maximum absolute atomic E-state index is 5.90. The van der Waals surface area contributed by atoms with Gasteiger partial charge in [-0.1, -0.05) is 18.5 Å². The summed E-state index contributed by atoms with van der Waals surface area (Å²) in [6, 6.07) is 8.15. The zero-order valence-electron chi connectivity index (χ0n) is 9.82. The molecular weight excluding hydrogens is 220 g/mol. The second-order valence-corrected chi connectivity index (χ2v) is 4.79. The topological polar surface area (TPSA) is 6.48 Å². The van der Waals surface area contributed by atoms with Crippen LogP contribution in [0.2, 0.25) is 5.02 Å². The molecule has 0 spiro atoms. The lowest BCUT2D eigenvalue weighted by molar-refractivity contribution is 0.241. The lowest BCUT2D eigenvalue weighted by Gasteiger charge is -2.37. The molecule has 3 heteroatoms. The van der Waals surface area contributed by atoms with Gasteiger partial charge in [0, 0.05) is 23.8 Å². The molecule has 0 saturated carbocycles. The van der Waals surface area contributed by atoms with Gasteiger partial charge in [0.1, 0.15) is 0 Å². The van der Waals surface area contributed by atoms with Gasteiger partial charge in [0.25, 0.3) is 0 Å². The van der Waals surface area contributed by atoms with Crippen LogP contribution >= 0.6 is 11.6 Å². The van der Waals surface area contributed by atoms with Crippen molar-refractivity contribution in [2.24, 2.45) is 0 Å². The van der Waals surface area contributed by atoms with Crippen LogP contribution in [0.3, 0.4) is 0 Å². The van der Waals surface area contributed by atoms with Crippen LogP contribution in [-0.4, -0.2) is 31.2 Å². The molecule has 16 heavy (non-hydrogen) atoms. The Morgan fingerprint density at radius 3 is 2.62 bits per heavy atom. The molecule has 1 aliphatic heterocycles. The Morgan fingerprint density at radius 2 is 1.94 bits per heavy atom. The summed E-state index contributed by atoms with van der Waals surface area (Å²) in [5.41, 5.74) is 1.28. The van der Waals surface area contributed by atoms with Crippen molar-refractivity contribution < 1.29 is 0 Å². The maximum atomic E-state index is 5.90. The molecule has 2 nitrogen and oxygen atoms in total. The second kappa shape index (κ2) is 5.55. The SMILES string of the molecule is CCCN1CCCN(c2ccc(Cl)cc2)C1. The van der Waals surface area contributed by atoms with Crippen molar-refractivity contribution in [3.8, 4) is 0 Å². The van der Waals surface area contributed by atoms with E-state index < -0.39 is 0 Å². The molecule has 0 amide bonds. The van der Waals surface area contributed by atoms with E-state index in [2.05, 4.69) is 28.9 Å². The van der Waals surface area contributed by atoms with Crippen LogP contribution in [0.5, 0.6) is 0 Å². The highest BCUT2D eigenvalue weighted by Crippen LogP contribution is 2.20. The zero-order valence-corrected chi connectivity index (χ0v) is 10.6. The quantitative estimate of drug-likeness (QED) is 0.798. The molecule has 1 saturated heterocycles. The number of rotatable bonds is 3. The Kier molecular flexibility index (Phi) is 4.08. The lowest BCUT2D eigenvalue weighted by Crippen LogP contribution is -2.45. The normalized spacial score (nSPS) is 17.8. The van der Waals surface area contributed by atoms with Gasteiger partial charge in [-0.25, -0.2) is 0 Å². The molecule has 0 aromatic heterocycles. The van der Waals surface area contributed by atoms with E-state index in [4.69, 9.17) is 11.6 Å². The first-order valence-corrected chi connectivity index (χ1v) is 6.40.